The third-order valence-corrected chi connectivity index (χ3v) is 4.44. The Hall–Kier alpha value is -2.45. The lowest BCUT2D eigenvalue weighted by atomic mass is 10.1. The number of nitriles is 1. The number of imidazole rings is 1. The first-order valence-corrected chi connectivity index (χ1v) is 7.72. The Balaban J connectivity index is 1.80. The summed E-state index contributed by atoms with van der Waals surface area (Å²) in [5, 5.41) is 11.2. The molecular weight excluding hydrogens is 280 g/mol. The summed E-state index contributed by atoms with van der Waals surface area (Å²) in [6, 6.07) is 4.03. The van der Waals surface area contributed by atoms with Gasteiger partial charge in [0.15, 0.2) is 4.96 Å². The van der Waals surface area contributed by atoms with Crippen LogP contribution in [0.15, 0.2) is 30.0 Å². The van der Waals surface area contributed by atoms with Crippen molar-refractivity contribution in [3.8, 4) is 6.07 Å². The molecule has 0 aliphatic heterocycles. The van der Waals surface area contributed by atoms with E-state index in [0.29, 0.717) is 11.5 Å². The molecule has 1 aliphatic carbocycles. The molecule has 0 amide bonds. The first kappa shape index (κ1) is 12.3. The van der Waals surface area contributed by atoms with E-state index in [1.54, 1.807) is 23.7 Å². The van der Waals surface area contributed by atoms with E-state index in [2.05, 4.69) is 27.7 Å². The highest BCUT2D eigenvalue weighted by molar-refractivity contribution is 7.15. The maximum Gasteiger partial charge on any atom is 0.194 e. The lowest BCUT2D eigenvalue weighted by molar-refractivity contribution is 1.05. The van der Waals surface area contributed by atoms with Crippen LogP contribution in [0.5, 0.6) is 0 Å². The van der Waals surface area contributed by atoms with Crippen molar-refractivity contribution in [1.29, 1.82) is 5.26 Å². The van der Waals surface area contributed by atoms with Crippen molar-refractivity contribution in [2.75, 3.05) is 0 Å². The van der Waals surface area contributed by atoms with E-state index >= 15 is 0 Å². The summed E-state index contributed by atoms with van der Waals surface area (Å²) in [6.45, 7) is 0. The highest BCUT2D eigenvalue weighted by Gasteiger charge is 2.29. The van der Waals surface area contributed by atoms with Crippen LogP contribution in [0.25, 0.3) is 17.1 Å². The zero-order valence-electron chi connectivity index (χ0n) is 11.2. The molecule has 0 N–H and O–H groups in total. The minimum absolute atomic E-state index is 0.591. The van der Waals surface area contributed by atoms with Gasteiger partial charge in [0.1, 0.15) is 6.07 Å². The topological polar surface area (TPSA) is 54.0 Å². The van der Waals surface area contributed by atoms with Crippen molar-refractivity contribution in [2.45, 2.75) is 18.8 Å². The number of thiazole rings is 1. The van der Waals surface area contributed by atoms with E-state index in [0.717, 1.165) is 16.2 Å². The molecule has 0 bridgehead atoms. The largest absolute Gasteiger partial charge is 0.291 e. The standard InChI is InChI=1S/C16H12N4S/c17-9-13-10-18-6-5-11(13)3-4-14-15(12-1-2-12)19-16-20(14)7-8-21-16/h3-8,10,12H,1-2H2/b4-3+. The smallest absolute Gasteiger partial charge is 0.194 e. The second kappa shape index (κ2) is 4.83. The van der Waals surface area contributed by atoms with Gasteiger partial charge in [0.05, 0.1) is 17.0 Å². The number of rotatable bonds is 3. The number of fused-ring (bicyclic) bond motifs is 1. The van der Waals surface area contributed by atoms with Crippen LogP contribution in [-0.4, -0.2) is 14.4 Å². The van der Waals surface area contributed by atoms with Crippen LogP contribution in [0.1, 0.15) is 41.3 Å². The van der Waals surface area contributed by atoms with Crippen molar-refractivity contribution in [3.05, 3.63) is 52.6 Å². The van der Waals surface area contributed by atoms with Gasteiger partial charge in [-0.1, -0.05) is 6.08 Å². The molecule has 5 heteroatoms. The minimum Gasteiger partial charge on any atom is -0.291 e. The zero-order valence-corrected chi connectivity index (χ0v) is 12.0. The SMILES string of the molecule is N#Cc1cnccc1/C=C/c1c(C2CC2)nc2sccn12. The highest BCUT2D eigenvalue weighted by atomic mass is 32.1. The van der Waals surface area contributed by atoms with Gasteiger partial charge >= 0.3 is 0 Å². The van der Waals surface area contributed by atoms with E-state index < -0.39 is 0 Å². The second-order valence-electron chi connectivity index (χ2n) is 5.12. The average Bonchev–Trinajstić information content (AvgIpc) is 3.16. The van der Waals surface area contributed by atoms with Crippen LogP contribution >= 0.6 is 11.3 Å². The molecule has 3 aromatic heterocycles. The normalized spacial score (nSPS) is 14.8. The molecule has 21 heavy (non-hydrogen) atoms. The summed E-state index contributed by atoms with van der Waals surface area (Å²) in [6.07, 6.45) is 11.9. The number of nitrogens with zero attached hydrogens (tertiary/aromatic N) is 4. The molecular formula is C16H12N4S. The van der Waals surface area contributed by atoms with Gasteiger partial charge in [0.2, 0.25) is 0 Å². The minimum atomic E-state index is 0.591. The fourth-order valence-electron chi connectivity index (χ4n) is 2.46. The van der Waals surface area contributed by atoms with Gasteiger partial charge < -0.3 is 0 Å². The molecule has 0 radical (unpaired) electrons. The monoisotopic (exact) mass is 292 g/mol. The second-order valence-corrected chi connectivity index (χ2v) is 5.99. The van der Waals surface area contributed by atoms with Crippen molar-refractivity contribution in [3.63, 3.8) is 0 Å². The van der Waals surface area contributed by atoms with Gasteiger partial charge in [-0.3, -0.25) is 9.38 Å². The lowest BCUT2D eigenvalue weighted by Crippen LogP contribution is -1.88. The number of pyridine rings is 1. The van der Waals surface area contributed by atoms with Crippen LogP contribution in [0.2, 0.25) is 0 Å². The summed E-state index contributed by atoms with van der Waals surface area (Å²) in [5.41, 5.74) is 3.80. The molecule has 3 heterocycles. The molecule has 1 fully saturated rings. The summed E-state index contributed by atoms with van der Waals surface area (Å²) in [7, 11) is 0. The third-order valence-electron chi connectivity index (χ3n) is 3.69. The Morgan fingerprint density at radius 1 is 1.38 bits per heavy atom. The molecule has 3 aromatic rings. The summed E-state index contributed by atoms with van der Waals surface area (Å²) >= 11 is 1.65. The fraction of sp³-hybridized carbons (Fsp3) is 0.188. The average molecular weight is 292 g/mol. The number of hydrogen-bond donors (Lipinski definition) is 0. The third kappa shape index (κ3) is 2.14. The van der Waals surface area contributed by atoms with E-state index in [-0.39, 0.29) is 0 Å². The van der Waals surface area contributed by atoms with Crippen LogP contribution in [0.3, 0.4) is 0 Å². The first-order chi connectivity index (χ1) is 10.4. The number of aromatic nitrogens is 3. The Labute approximate surface area is 126 Å². The molecule has 4 nitrogen and oxygen atoms in total. The van der Waals surface area contributed by atoms with E-state index in [4.69, 9.17) is 10.2 Å². The Morgan fingerprint density at radius 3 is 3.10 bits per heavy atom. The molecule has 0 aromatic carbocycles. The molecule has 102 valence electrons. The number of hydrogen-bond acceptors (Lipinski definition) is 4. The Morgan fingerprint density at radius 2 is 2.29 bits per heavy atom. The summed E-state index contributed by atoms with van der Waals surface area (Å²) in [4.78, 5) is 9.76. The predicted molar refractivity (Wildman–Crippen MR) is 82.9 cm³/mol. The van der Waals surface area contributed by atoms with Crippen LogP contribution in [-0.2, 0) is 0 Å². The fourth-order valence-corrected chi connectivity index (χ4v) is 3.18. The van der Waals surface area contributed by atoms with Gasteiger partial charge in [-0.2, -0.15) is 5.26 Å². The quantitative estimate of drug-likeness (QED) is 0.739. The first-order valence-electron chi connectivity index (χ1n) is 6.84. The van der Waals surface area contributed by atoms with Gasteiger partial charge in [0, 0.05) is 29.9 Å². The van der Waals surface area contributed by atoms with Crippen LogP contribution in [0.4, 0.5) is 0 Å². The van der Waals surface area contributed by atoms with Gasteiger partial charge in [-0.25, -0.2) is 4.98 Å². The van der Waals surface area contributed by atoms with Crippen LogP contribution < -0.4 is 0 Å². The predicted octanol–water partition coefficient (Wildman–Crippen LogP) is 3.71. The molecule has 0 atom stereocenters. The molecule has 0 unspecified atom stereocenters. The highest BCUT2D eigenvalue weighted by Crippen LogP contribution is 2.42. The van der Waals surface area contributed by atoms with E-state index in [1.807, 2.05) is 17.5 Å². The van der Waals surface area contributed by atoms with Gasteiger partial charge in [-0.05, 0) is 30.5 Å². The summed E-state index contributed by atoms with van der Waals surface area (Å²) < 4.78 is 2.13. The van der Waals surface area contributed by atoms with Crippen molar-refractivity contribution in [1.82, 2.24) is 14.4 Å². The van der Waals surface area contributed by atoms with Crippen molar-refractivity contribution in [2.24, 2.45) is 0 Å². The molecule has 4 rings (SSSR count). The summed E-state index contributed by atoms with van der Waals surface area (Å²) in [5.74, 6) is 0.602. The van der Waals surface area contributed by atoms with E-state index in [9.17, 15) is 0 Å². The maximum absolute atomic E-state index is 9.13. The zero-order chi connectivity index (χ0) is 14.2. The molecule has 0 spiro atoms. The van der Waals surface area contributed by atoms with Crippen molar-refractivity contribution >= 4 is 28.4 Å². The molecule has 1 aliphatic rings. The Bertz CT molecular complexity index is 877. The Kier molecular flexibility index (Phi) is 2.83. The van der Waals surface area contributed by atoms with Crippen LogP contribution in [0, 0.1) is 11.3 Å². The maximum atomic E-state index is 9.13. The van der Waals surface area contributed by atoms with Crippen molar-refractivity contribution < 1.29 is 0 Å². The van der Waals surface area contributed by atoms with E-state index in [1.165, 1.54) is 18.5 Å². The lowest BCUT2D eigenvalue weighted by Gasteiger charge is -1.98. The van der Waals surface area contributed by atoms with Gasteiger partial charge in [-0.15, -0.1) is 11.3 Å². The molecule has 0 saturated heterocycles. The van der Waals surface area contributed by atoms with Gasteiger partial charge in [0.25, 0.3) is 0 Å². The molecule has 1 saturated carbocycles.